The van der Waals surface area contributed by atoms with Crippen LogP contribution in [0.25, 0.3) is 0 Å². The molecule has 12 atom stereocenters. The number of allylic oxidation sites excluding steroid dienone is 2. The Bertz CT molecular complexity index is 1520. The van der Waals surface area contributed by atoms with Gasteiger partial charge in [-0.3, -0.25) is 4.55 Å². The molecule has 0 bridgehead atoms. The maximum absolute atomic E-state index is 12.1. The van der Waals surface area contributed by atoms with E-state index in [2.05, 4.69) is 78.0 Å². The lowest BCUT2D eigenvalue weighted by Crippen LogP contribution is -2.71. The predicted molar refractivity (Wildman–Crippen MR) is 190 cm³/mol. The van der Waals surface area contributed by atoms with Crippen molar-refractivity contribution in [2.24, 2.45) is 56.7 Å². The summed E-state index contributed by atoms with van der Waals surface area (Å²) < 4.78 is 54.3. The summed E-state index contributed by atoms with van der Waals surface area (Å²) in [4.78, 5) is 0. The highest BCUT2D eigenvalue weighted by Crippen LogP contribution is 2.76. The lowest BCUT2D eigenvalue weighted by molar-refractivity contribution is -0.372. The van der Waals surface area contributed by atoms with Gasteiger partial charge in [0, 0.05) is 5.41 Å². The van der Waals surface area contributed by atoms with Gasteiger partial charge in [0.2, 0.25) is 0 Å². The highest BCUT2D eigenvalue weighted by atomic mass is 32.2. The van der Waals surface area contributed by atoms with Crippen molar-refractivity contribution in [3.05, 3.63) is 47.5 Å². The summed E-state index contributed by atoms with van der Waals surface area (Å²) in [6, 6.07) is 10.5. The number of benzene rings is 1. The molecule has 1 heterocycles. The second-order valence-electron chi connectivity index (χ2n) is 18.8. The van der Waals surface area contributed by atoms with Crippen molar-refractivity contribution < 1.29 is 27.2 Å². The lowest BCUT2D eigenvalue weighted by Gasteiger charge is -2.73. The summed E-state index contributed by atoms with van der Waals surface area (Å²) >= 11 is 0. The van der Waals surface area contributed by atoms with E-state index in [4.69, 9.17) is 14.2 Å². The van der Waals surface area contributed by atoms with E-state index in [1.165, 1.54) is 12.0 Å². The molecule has 1 aromatic rings. The molecule has 4 saturated carbocycles. The van der Waals surface area contributed by atoms with E-state index in [-0.39, 0.29) is 45.0 Å². The van der Waals surface area contributed by atoms with Crippen molar-refractivity contribution in [1.82, 2.24) is 0 Å². The summed E-state index contributed by atoms with van der Waals surface area (Å²) in [6.45, 7) is 20.4. The maximum atomic E-state index is 12.1. The normalized spacial score (nSPS) is 48.2. The summed E-state index contributed by atoms with van der Waals surface area (Å²) in [7, 11) is -4.01. The summed E-state index contributed by atoms with van der Waals surface area (Å²) in [6.07, 6.45) is 11.9. The highest BCUT2D eigenvalue weighted by Gasteiger charge is 2.71. The van der Waals surface area contributed by atoms with Crippen LogP contribution in [0.4, 0.5) is 0 Å². The Balaban J connectivity index is 1.27. The van der Waals surface area contributed by atoms with Gasteiger partial charge in [0.05, 0.1) is 31.2 Å². The Morgan fingerprint density at radius 1 is 0.917 bits per heavy atom. The average Bonchev–Trinajstić information content (AvgIpc) is 3.02. The third-order valence-corrected chi connectivity index (χ3v) is 16.9. The number of fused-ring (bicyclic) bond motifs is 9. The second-order valence-corrected chi connectivity index (χ2v) is 20.4. The van der Waals surface area contributed by atoms with E-state index in [1.54, 1.807) is 5.57 Å². The third kappa shape index (κ3) is 5.33. The quantitative estimate of drug-likeness (QED) is 0.238. The van der Waals surface area contributed by atoms with Gasteiger partial charge < -0.3 is 14.2 Å². The van der Waals surface area contributed by atoms with Crippen molar-refractivity contribution in [1.29, 1.82) is 0 Å². The van der Waals surface area contributed by atoms with Gasteiger partial charge in [0.1, 0.15) is 0 Å². The Kier molecular flexibility index (Phi) is 8.52. The smallest absolute Gasteiger partial charge is 0.264 e. The van der Waals surface area contributed by atoms with Crippen molar-refractivity contribution in [2.75, 3.05) is 12.4 Å². The predicted octanol–water partition coefficient (Wildman–Crippen LogP) is 9.25. The number of ether oxygens (including phenoxy) is 3. The molecule has 3 unspecified atom stereocenters. The minimum atomic E-state index is -4.01. The van der Waals surface area contributed by atoms with Crippen LogP contribution in [0.2, 0.25) is 0 Å². The first-order chi connectivity index (χ1) is 22.4. The molecule has 1 aromatic carbocycles. The Morgan fingerprint density at radius 2 is 1.65 bits per heavy atom. The first kappa shape index (κ1) is 35.2. The fourth-order valence-corrected chi connectivity index (χ4v) is 13.9. The van der Waals surface area contributed by atoms with E-state index < -0.39 is 15.9 Å². The zero-order chi connectivity index (χ0) is 34.5. The SMILES string of the molecule is C[C@H]1[C@H](C)CC[C@]2(CCS(=O)(=O)O)CC[C@]3(C)C(=CC[C@@H]4[C@@]5(C)C[C@@H](OCc6ccccc6)C6OC(C)(C)OCC6(C)C5CC[C@]43C)[C@H]12. The molecule has 7 heteroatoms. The molecule has 1 aliphatic heterocycles. The maximum Gasteiger partial charge on any atom is 0.264 e. The Labute approximate surface area is 290 Å². The van der Waals surface area contributed by atoms with Crippen molar-refractivity contribution >= 4 is 10.1 Å². The van der Waals surface area contributed by atoms with Gasteiger partial charge in [-0.05, 0) is 128 Å². The molecule has 1 saturated heterocycles. The van der Waals surface area contributed by atoms with Crippen molar-refractivity contribution in [3.63, 3.8) is 0 Å². The lowest BCUT2D eigenvalue weighted by atomic mass is 9.33. The summed E-state index contributed by atoms with van der Waals surface area (Å²) in [5.41, 5.74) is 2.81. The molecule has 0 aromatic heterocycles. The fourth-order valence-electron chi connectivity index (χ4n) is 13.3. The topological polar surface area (TPSA) is 82.1 Å². The second kappa shape index (κ2) is 11.6. The Hall–Kier alpha value is -1.25. The number of rotatable bonds is 6. The van der Waals surface area contributed by atoms with Crippen LogP contribution in [0, 0.1) is 56.7 Å². The fraction of sp³-hybridized carbons (Fsp3) is 0.805. The zero-order valence-corrected chi connectivity index (χ0v) is 31.7. The first-order valence-electron chi connectivity index (χ1n) is 19.0. The van der Waals surface area contributed by atoms with Gasteiger partial charge in [-0.15, -0.1) is 0 Å². The van der Waals surface area contributed by atoms with Crippen LogP contribution in [-0.2, 0) is 30.9 Å². The van der Waals surface area contributed by atoms with Crippen LogP contribution >= 0.6 is 0 Å². The van der Waals surface area contributed by atoms with Crippen LogP contribution in [0.1, 0.15) is 119 Å². The van der Waals surface area contributed by atoms with E-state index in [9.17, 15) is 13.0 Å². The van der Waals surface area contributed by atoms with Gasteiger partial charge in [-0.2, -0.15) is 8.42 Å². The third-order valence-electron chi connectivity index (χ3n) is 16.2. The molecule has 6 nitrogen and oxygen atoms in total. The van der Waals surface area contributed by atoms with Gasteiger partial charge in [0.15, 0.2) is 5.79 Å². The largest absolute Gasteiger partial charge is 0.371 e. The molecule has 48 heavy (non-hydrogen) atoms. The minimum Gasteiger partial charge on any atom is -0.371 e. The molecular formula is C41H62O6S. The molecule has 1 N–H and O–H groups in total. The molecule has 7 rings (SSSR count). The molecule has 0 spiro atoms. The highest BCUT2D eigenvalue weighted by molar-refractivity contribution is 7.85. The molecular weight excluding hydrogens is 621 g/mol. The molecule has 0 amide bonds. The number of hydrogen-bond donors (Lipinski definition) is 1. The van der Waals surface area contributed by atoms with E-state index in [0.29, 0.717) is 49.2 Å². The van der Waals surface area contributed by atoms with Crippen LogP contribution in [0.5, 0.6) is 0 Å². The summed E-state index contributed by atoms with van der Waals surface area (Å²) in [5.74, 6) is 1.65. The van der Waals surface area contributed by atoms with Gasteiger partial charge in [0.25, 0.3) is 10.1 Å². The first-order valence-corrected chi connectivity index (χ1v) is 20.6. The van der Waals surface area contributed by atoms with Gasteiger partial charge >= 0.3 is 0 Å². The average molecular weight is 683 g/mol. The van der Waals surface area contributed by atoms with Gasteiger partial charge in [-0.25, -0.2) is 0 Å². The molecule has 5 aliphatic carbocycles. The standard InChI is InChI=1S/C41H62O6S/c1-27-16-19-41(22-23-48(42,43)44)21-20-39(7)30(34(41)28(27)2)14-15-33-37(5)24-31(45-25-29-12-10-9-11-13-29)35-38(6,26-46-36(3,4)47-35)32(37)17-18-40(33,39)8/h9-14,27-28,31-35H,15-26H2,1-8H3,(H,42,43,44)/t27-,28+,31-,32?,33-,34+,35?,37+,38?,39-,40-,41-/m1/s1. The molecule has 0 radical (unpaired) electrons. The number of hydrogen-bond acceptors (Lipinski definition) is 5. The van der Waals surface area contributed by atoms with Crippen LogP contribution < -0.4 is 0 Å². The molecule has 268 valence electrons. The van der Waals surface area contributed by atoms with Crippen molar-refractivity contribution in [2.45, 2.75) is 138 Å². The van der Waals surface area contributed by atoms with E-state index in [1.807, 2.05) is 13.8 Å². The Morgan fingerprint density at radius 3 is 2.35 bits per heavy atom. The summed E-state index contributed by atoms with van der Waals surface area (Å²) in [5, 5.41) is 0. The van der Waals surface area contributed by atoms with Crippen LogP contribution in [0.15, 0.2) is 42.0 Å². The van der Waals surface area contributed by atoms with Crippen LogP contribution in [-0.4, -0.2) is 43.3 Å². The van der Waals surface area contributed by atoms with Gasteiger partial charge in [-0.1, -0.05) is 83.5 Å². The monoisotopic (exact) mass is 682 g/mol. The minimum absolute atomic E-state index is 0.0275. The van der Waals surface area contributed by atoms with E-state index >= 15 is 0 Å². The zero-order valence-electron chi connectivity index (χ0n) is 30.9. The van der Waals surface area contributed by atoms with E-state index in [0.717, 1.165) is 44.9 Å². The molecule has 6 aliphatic rings. The molecule has 5 fully saturated rings. The van der Waals surface area contributed by atoms with Crippen LogP contribution in [0.3, 0.4) is 0 Å². The van der Waals surface area contributed by atoms with Crippen molar-refractivity contribution in [3.8, 4) is 0 Å².